The summed E-state index contributed by atoms with van der Waals surface area (Å²) in [5, 5.41) is 7.86. The van der Waals surface area contributed by atoms with E-state index >= 15 is 0 Å². The van der Waals surface area contributed by atoms with Crippen molar-refractivity contribution < 1.29 is 0 Å². The van der Waals surface area contributed by atoms with Gasteiger partial charge < -0.3 is 5.32 Å². The van der Waals surface area contributed by atoms with Crippen LogP contribution in [-0.2, 0) is 7.05 Å². The number of nitrogens with zero attached hydrogens (tertiary/aromatic N) is 3. The van der Waals surface area contributed by atoms with Crippen molar-refractivity contribution in [2.75, 3.05) is 6.54 Å². The first-order chi connectivity index (χ1) is 9.15. The van der Waals surface area contributed by atoms with Crippen LogP contribution in [0.1, 0.15) is 36.3 Å². The van der Waals surface area contributed by atoms with Gasteiger partial charge in [-0.3, -0.25) is 9.67 Å². The summed E-state index contributed by atoms with van der Waals surface area (Å²) in [4.78, 5) is 4.55. The Kier molecular flexibility index (Phi) is 4.71. The summed E-state index contributed by atoms with van der Waals surface area (Å²) in [7, 11) is 1.96. The molecule has 0 aliphatic carbocycles. The predicted octanol–water partition coefficient (Wildman–Crippen LogP) is 2.98. The Labute approximate surface area is 122 Å². The first kappa shape index (κ1) is 14.2. The number of aromatic nitrogens is 3. The van der Waals surface area contributed by atoms with Gasteiger partial charge in [-0.25, -0.2) is 0 Å². The van der Waals surface area contributed by atoms with E-state index < -0.39 is 0 Å². The van der Waals surface area contributed by atoms with Gasteiger partial charge in [0.1, 0.15) is 0 Å². The average Bonchev–Trinajstić information content (AvgIpc) is 2.73. The fourth-order valence-electron chi connectivity index (χ4n) is 2.16. The summed E-state index contributed by atoms with van der Waals surface area (Å²) >= 11 is 3.58. The minimum Gasteiger partial charge on any atom is -0.304 e. The number of halogens is 1. The standard InChI is InChI=1S/C14H19BrN4/c1-4-7-16-13(12-10(2)6-5-8-17-12)14-11(15)9-18-19(14)3/h5-6,8-9,13,16H,4,7H2,1-3H3. The summed E-state index contributed by atoms with van der Waals surface area (Å²) in [6, 6.07) is 4.12. The number of pyridine rings is 1. The lowest BCUT2D eigenvalue weighted by Crippen LogP contribution is -2.27. The average molecular weight is 323 g/mol. The Morgan fingerprint density at radius 3 is 2.84 bits per heavy atom. The smallest absolute Gasteiger partial charge is 0.0936 e. The molecule has 4 nitrogen and oxygen atoms in total. The molecule has 2 heterocycles. The topological polar surface area (TPSA) is 42.7 Å². The third kappa shape index (κ3) is 3.04. The molecular weight excluding hydrogens is 304 g/mol. The van der Waals surface area contributed by atoms with E-state index in [2.05, 4.69) is 51.2 Å². The highest BCUT2D eigenvalue weighted by atomic mass is 79.9. The van der Waals surface area contributed by atoms with Gasteiger partial charge in [-0.2, -0.15) is 5.10 Å². The van der Waals surface area contributed by atoms with Crippen LogP contribution >= 0.6 is 15.9 Å². The first-order valence-corrected chi connectivity index (χ1v) is 7.26. The summed E-state index contributed by atoms with van der Waals surface area (Å²) in [6.07, 6.45) is 4.75. The zero-order chi connectivity index (χ0) is 13.8. The van der Waals surface area contributed by atoms with Gasteiger partial charge in [0.2, 0.25) is 0 Å². The van der Waals surface area contributed by atoms with Gasteiger partial charge in [-0.05, 0) is 47.4 Å². The molecule has 1 atom stereocenters. The van der Waals surface area contributed by atoms with Crippen LogP contribution in [0.3, 0.4) is 0 Å². The maximum absolute atomic E-state index is 4.55. The van der Waals surface area contributed by atoms with E-state index in [0.29, 0.717) is 0 Å². The van der Waals surface area contributed by atoms with Crippen LogP contribution in [-0.4, -0.2) is 21.3 Å². The molecule has 0 saturated carbocycles. The molecule has 2 aromatic heterocycles. The van der Waals surface area contributed by atoms with Crippen molar-refractivity contribution >= 4 is 15.9 Å². The van der Waals surface area contributed by atoms with Gasteiger partial charge in [-0.15, -0.1) is 0 Å². The molecule has 0 radical (unpaired) electrons. The van der Waals surface area contributed by atoms with Crippen LogP contribution < -0.4 is 5.32 Å². The highest BCUT2D eigenvalue weighted by Crippen LogP contribution is 2.28. The Morgan fingerprint density at radius 1 is 1.47 bits per heavy atom. The Hall–Kier alpha value is -1.20. The van der Waals surface area contributed by atoms with Crippen molar-refractivity contribution in [3.05, 3.63) is 46.0 Å². The fraction of sp³-hybridized carbons (Fsp3) is 0.429. The van der Waals surface area contributed by atoms with Crippen LogP contribution in [0.4, 0.5) is 0 Å². The van der Waals surface area contributed by atoms with Gasteiger partial charge in [-0.1, -0.05) is 13.0 Å². The van der Waals surface area contributed by atoms with Gasteiger partial charge in [0.25, 0.3) is 0 Å². The minimum absolute atomic E-state index is 0.0584. The van der Waals surface area contributed by atoms with E-state index in [1.54, 1.807) is 0 Å². The molecule has 2 aromatic rings. The second-order valence-electron chi connectivity index (χ2n) is 4.59. The largest absolute Gasteiger partial charge is 0.304 e. The number of hydrogen-bond donors (Lipinski definition) is 1. The monoisotopic (exact) mass is 322 g/mol. The summed E-state index contributed by atoms with van der Waals surface area (Å²) in [6.45, 7) is 5.19. The van der Waals surface area contributed by atoms with Crippen LogP contribution in [0, 0.1) is 6.92 Å². The zero-order valence-corrected chi connectivity index (χ0v) is 13.1. The van der Waals surface area contributed by atoms with E-state index in [1.807, 2.05) is 30.2 Å². The molecule has 2 rings (SSSR count). The molecule has 0 aliphatic rings. The highest BCUT2D eigenvalue weighted by molar-refractivity contribution is 9.10. The SMILES string of the molecule is CCCNC(c1ncccc1C)c1c(Br)cnn1C. The van der Waals surface area contributed by atoms with Crippen molar-refractivity contribution in [1.82, 2.24) is 20.1 Å². The molecular formula is C14H19BrN4. The molecule has 1 N–H and O–H groups in total. The predicted molar refractivity (Wildman–Crippen MR) is 80.0 cm³/mol. The van der Waals surface area contributed by atoms with E-state index in [1.165, 1.54) is 5.56 Å². The third-order valence-corrected chi connectivity index (χ3v) is 3.74. The Morgan fingerprint density at radius 2 is 2.26 bits per heavy atom. The molecule has 102 valence electrons. The maximum Gasteiger partial charge on any atom is 0.0936 e. The summed E-state index contributed by atoms with van der Waals surface area (Å²) in [5.41, 5.74) is 3.35. The molecule has 0 amide bonds. The normalized spacial score (nSPS) is 12.6. The molecule has 0 spiro atoms. The third-order valence-electron chi connectivity index (χ3n) is 3.13. The Bertz CT molecular complexity index is 531. The molecule has 0 fully saturated rings. The molecule has 5 heteroatoms. The van der Waals surface area contributed by atoms with Crippen LogP contribution in [0.15, 0.2) is 29.0 Å². The van der Waals surface area contributed by atoms with Crippen LogP contribution in [0.2, 0.25) is 0 Å². The minimum atomic E-state index is 0.0584. The number of rotatable bonds is 5. The Balaban J connectivity index is 2.45. The van der Waals surface area contributed by atoms with Crippen molar-refractivity contribution in [1.29, 1.82) is 0 Å². The van der Waals surface area contributed by atoms with Crippen LogP contribution in [0.25, 0.3) is 0 Å². The lowest BCUT2D eigenvalue weighted by atomic mass is 10.0. The van der Waals surface area contributed by atoms with Crippen molar-refractivity contribution in [3.8, 4) is 0 Å². The number of nitrogens with one attached hydrogen (secondary N) is 1. The van der Waals surface area contributed by atoms with E-state index in [0.717, 1.165) is 28.8 Å². The van der Waals surface area contributed by atoms with Gasteiger partial charge in [0.05, 0.1) is 28.1 Å². The number of hydrogen-bond acceptors (Lipinski definition) is 3. The van der Waals surface area contributed by atoms with Crippen molar-refractivity contribution in [2.45, 2.75) is 26.3 Å². The van der Waals surface area contributed by atoms with Gasteiger partial charge in [0.15, 0.2) is 0 Å². The zero-order valence-electron chi connectivity index (χ0n) is 11.5. The van der Waals surface area contributed by atoms with Crippen LogP contribution in [0.5, 0.6) is 0 Å². The van der Waals surface area contributed by atoms with Gasteiger partial charge in [0, 0.05) is 13.2 Å². The lowest BCUT2D eigenvalue weighted by molar-refractivity contribution is 0.540. The number of aryl methyl sites for hydroxylation is 2. The quantitative estimate of drug-likeness (QED) is 0.920. The molecule has 1 unspecified atom stereocenters. The molecule has 0 saturated heterocycles. The molecule has 19 heavy (non-hydrogen) atoms. The second kappa shape index (κ2) is 6.30. The summed E-state index contributed by atoms with van der Waals surface area (Å²) < 4.78 is 2.90. The fourth-order valence-corrected chi connectivity index (χ4v) is 2.73. The lowest BCUT2D eigenvalue weighted by Gasteiger charge is -2.20. The summed E-state index contributed by atoms with van der Waals surface area (Å²) in [5.74, 6) is 0. The van der Waals surface area contributed by atoms with Crippen molar-refractivity contribution in [2.24, 2.45) is 7.05 Å². The van der Waals surface area contributed by atoms with E-state index in [4.69, 9.17) is 0 Å². The van der Waals surface area contributed by atoms with E-state index in [-0.39, 0.29) is 6.04 Å². The highest BCUT2D eigenvalue weighted by Gasteiger charge is 2.22. The van der Waals surface area contributed by atoms with Gasteiger partial charge >= 0.3 is 0 Å². The molecule has 0 bridgehead atoms. The molecule has 0 aliphatic heterocycles. The maximum atomic E-state index is 4.55. The van der Waals surface area contributed by atoms with Crippen molar-refractivity contribution in [3.63, 3.8) is 0 Å². The van der Waals surface area contributed by atoms with E-state index in [9.17, 15) is 0 Å². The second-order valence-corrected chi connectivity index (χ2v) is 5.45. The first-order valence-electron chi connectivity index (χ1n) is 6.47. The molecule has 0 aromatic carbocycles.